The molecule has 0 amide bonds. The van der Waals surface area contributed by atoms with Crippen LogP contribution in [-0.4, -0.2) is 39.9 Å². The molecule has 0 bridgehead atoms. The third kappa shape index (κ3) is 4.93. The molecule has 3 heterocycles. The van der Waals surface area contributed by atoms with E-state index in [0.29, 0.717) is 24.3 Å². The van der Waals surface area contributed by atoms with Gasteiger partial charge in [-0.15, -0.1) is 0 Å². The van der Waals surface area contributed by atoms with Crippen molar-refractivity contribution < 1.29 is 14.6 Å². The van der Waals surface area contributed by atoms with Gasteiger partial charge in [0.25, 0.3) is 0 Å². The van der Waals surface area contributed by atoms with E-state index in [2.05, 4.69) is 53.3 Å². The van der Waals surface area contributed by atoms with Gasteiger partial charge < -0.3 is 19.0 Å². The van der Waals surface area contributed by atoms with E-state index in [-0.39, 0.29) is 0 Å². The van der Waals surface area contributed by atoms with Gasteiger partial charge in [-0.2, -0.15) is 0 Å². The Kier molecular flexibility index (Phi) is 6.55. The molecule has 184 valence electrons. The highest BCUT2D eigenvalue weighted by molar-refractivity contribution is 6.76. The van der Waals surface area contributed by atoms with E-state index in [1.54, 1.807) is 6.07 Å². The van der Waals surface area contributed by atoms with Crippen LogP contribution in [0.5, 0.6) is 0 Å². The number of hydrogen-bond acceptors (Lipinski definition) is 3. The minimum atomic E-state index is -1.10. The van der Waals surface area contributed by atoms with Crippen LogP contribution in [-0.2, 0) is 11.5 Å². The minimum Gasteiger partial charge on any atom is -0.478 e. The SMILES string of the molecule is C[Si](C)(C)CCOCn1ccc2c1ncc1ccn([C@H]3CC[C@@H](c4ccccc4C(=O)O)CC3)c12. The van der Waals surface area contributed by atoms with E-state index < -0.39 is 14.0 Å². The van der Waals surface area contributed by atoms with Crippen molar-refractivity contribution in [2.24, 2.45) is 0 Å². The van der Waals surface area contributed by atoms with Crippen LogP contribution in [0.4, 0.5) is 0 Å². The number of nitrogens with zero attached hydrogens (tertiary/aromatic N) is 3. The first-order chi connectivity index (χ1) is 16.8. The third-order valence-corrected chi connectivity index (χ3v) is 9.11. The van der Waals surface area contributed by atoms with Gasteiger partial charge in [-0.3, -0.25) is 0 Å². The van der Waals surface area contributed by atoms with Gasteiger partial charge in [-0.05, 0) is 61.4 Å². The van der Waals surface area contributed by atoms with Gasteiger partial charge in [0.15, 0.2) is 0 Å². The van der Waals surface area contributed by atoms with Gasteiger partial charge in [0.05, 0.1) is 11.1 Å². The van der Waals surface area contributed by atoms with Gasteiger partial charge in [0.2, 0.25) is 0 Å². The summed E-state index contributed by atoms with van der Waals surface area (Å²) in [6.07, 6.45) is 10.3. The molecular weight excluding hydrogens is 454 g/mol. The molecule has 0 atom stereocenters. The number of benzene rings is 1. The van der Waals surface area contributed by atoms with E-state index in [9.17, 15) is 9.90 Å². The lowest BCUT2D eigenvalue weighted by Crippen LogP contribution is -2.22. The highest BCUT2D eigenvalue weighted by atomic mass is 28.3. The van der Waals surface area contributed by atoms with Crippen molar-refractivity contribution in [1.29, 1.82) is 0 Å². The molecule has 6 nitrogen and oxygen atoms in total. The monoisotopic (exact) mass is 489 g/mol. The summed E-state index contributed by atoms with van der Waals surface area (Å²) in [4.78, 5) is 16.5. The third-order valence-electron chi connectivity index (χ3n) is 7.41. The summed E-state index contributed by atoms with van der Waals surface area (Å²) < 4.78 is 10.5. The van der Waals surface area contributed by atoms with Crippen molar-refractivity contribution >= 4 is 36.0 Å². The zero-order chi connectivity index (χ0) is 24.6. The topological polar surface area (TPSA) is 69.3 Å². The fourth-order valence-corrected chi connectivity index (χ4v) is 6.20. The predicted molar refractivity (Wildman–Crippen MR) is 143 cm³/mol. The van der Waals surface area contributed by atoms with Crippen LogP contribution in [0.3, 0.4) is 0 Å². The first kappa shape index (κ1) is 23.8. The number of rotatable bonds is 8. The van der Waals surface area contributed by atoms with E-state index in [4.69, 9.17) is 9.72 Å². The lowest BCUT2D eigenvalue weighted by Gasteiger charge is -2.31. The summed E-state index contributed by atoms with van der Waals surface area (Å²) in [6.45, 7) is 8.42. The number of carboxylic acid groups (broad SMARTS) is 1. The van der Waals surface area contributed by atoms with Crippen LogP contribution in [0.15, 0.2) is 55.0 Å². The molecule has 5 rings (SSSR count). The number of ether oxygens (including phenoxy) is 1. The van der Waals surface area contributed by atoms with Gasteiger partial charge >= 0.3 is 5.97 Å². The zero-order valence-corrected chi connectivity index (χ0v) is 21.9. The smallest absolute Gasteiger partial charge is 0.335 e. The Hall–Kier alpha value is -2.90. The average molecular weight is 490 g/mol. The van der Waals surface area contributed by atoms with Gasteiger partial charge in [0, 0.05) is 50.1 Å². The van der Waals surface area contributed by atoms with Crippen LogP contribution < -0.4 is 0 Å². The van der Waals surface area contributed by atoms with E-state index in [0.717, 1.165) is 54.9 Å². The van der Waals surface area contributed by atoms with Crippen LogP contribution in [0.1, 0.15) is 53.6 Å². The highest BCUT2D eigenvalue weighted by Crippen LogP contribution is 2.41. The first-order valence-corrected chi connectivity index (χ1v) is 16.4. The number of hydrogen-bond donors (Lipinski definition) is 1. The Morgan fingerprint density at radius 3 is 2.60 bits per heavy atom. The molecule has 0 spiro atoms. The molecule has 4 aromatic rings. The second-order valence-corrected chi connectivity index (χ2v) is 16.7. The number of aromatic nitrogens is 3. The average Bonchev–Trinajstić information content (AvgIpc) is 3.45. The molecule has 0 saturated heterocycles. The molecule has 1 aliphatic rings. The number of pyridine rings is 1. The van der Waals surface area contributed by atoms with Gasteiger partial charge in [0.1, 0.15) is 12.4 Å². The summed E-state index contributed by atoms with van der Waals surface area (Å²) >= 11 is 0. The molecule has 0 unspecified atom stereocenters. The quantitative estimate of drug-likeness (QED) is 0.216. The molecule has 3 aromatic heterocycles. The molecule has 7 heteroatoms. The Bertz CT molecular complexity index is 1340. The van der Waals surface area contributed by atoms with Gasteiger partial charge in [-0.25, -0.2) is 9.78 Å². The Labute approximate surface area is 207 Å². The first-order valence-electron chi connectivity index (χ1n) is 12.7. The molecule has 35 heavy (non-hydrogen) atoms. The van der Waals surface area contributed by atoms with Crippen LogP contribution in [0, 0.1) is 0 Å². The van der Waals surface area contributed by atoms with Crippen molar-refractivity contribution in [3.63, 3.8) is 0 Å². The number of aromatic carboxylic acids is 1. The number of fused-ring (bicyclic) bond motifs is 3. The second kappa shape index (κ2) is 9.63. The number of carbonyl (C=O) groups is 1. The van der Waals surface area contributed by atoms with E-state index >= 15 is 0 Å². The Morgan fingerprint density at radius 2 is 1.86 bits per heavy atom. The summed E-state index contributed by atoms with van der Waals surface area (Å²) in [6, 6.07) is 13.4. The minimum absolute atomic E-state index is 0.302. The summed E-state index contributed by atoms with van der Waals surface area (Å²) in [7, 11) is -1.10. The van der Waals surface area contributed by atoms with Crippen molar-refractivity contribution in [3.8, 4) is 0 Å². The van der Waals surface area contributed by atoms with E-state index in [1.807, 2.05) is 24.4 Å². The molecular formula is C28H35N3O3Si. The van der Waals surface area contributed by atoms with Crippen LogP contribution >= 0.6 is 0 Å². The number of carboxylic acids is 1. The summed E-state index contributed by atoms with van der Waals surface area (Å²) in [5.74, 6) is -0.528. The largest absolute Gasteiger partial charge is 0.478 e. The normalized spacial score (nSPS) is 18.9. The molecule has 0 aliphatic heterocycles. The van der Waals surface area contributed by atoms with Crippen LogP contribution in [0.25, 0.3) is 21.9 Å². The van der Waals surface area contributed by atoms with Crippen molar-refractivity contribution in [2.45, 2.75) is 70.1 Å². The molecule has 1 N–H and O–H groups in total. The predicted octanol–water partition coefficient (Wildman–Crippen LogP) is 6.90. The van der Waals surface area contributed by atoms with Crippen molar-refractivity contribution in [3.05, 3.63) is 66.1 Å². The maximum atomic E-state index is 11.7. The van der Waals surface area contributed by atoms with E-state index in [1.165, 1.54) is 10.9 Å². The Balaban J connectivity index is 1.34. The maximum Gasteiger partial charge on any atom is 0.335 e. The van der Waals surface area contributed by atoms with Crippen LogP contribution in [0.2, 0.25) is 25.7 Å². The molecule has 1 aromatic carbocycles. The molecule has 1 fully saturated rings. The highest BCUT2D eigenvalue weighted by Gasteiger charge is 2.27. The fourth-order valence-electron chi connectivity index (χ4n) is 5.45. The summed E-state index contributed by atoms with van der Waals surface area (Å²) in [5, 5.41) is 11.9. The molecule has 1 saturated carbocycles. The Morgan fingerprint density at radius 1 is 1.09 bits per heavy atom. The lowest BCUT2D eigenvalue weighted by molar-refractivity contribution is 0.0694. The van der Waals surface area contributed by atoms with Crippen molar-refractivity contribution in [1.82, 2.24) is 14.1 Å². The molecule has 0 radical (unpaired) electrons. The fraction of sp³-hybridized carbons (Fsp3) is 0.429. The maximum absolute atomic E-state index is 11.7. The zero-order valence-electron chi connectivity index (χ0n) is 20.9. The standard InChI is InChI=1S/C28H35N3O3Si/c1-35(2,3)17-16-34-19-30-14-13-25-26-21(18-29-27(25)30)12-15-31(26)22-10-8-20(9-11-22)23-6-4-5-7-24(23)28(32)33/h4-7,12-15,18,20,22H,8-11,16-17,19H2,1-3H3,(H,32,33)/t20-,22+. The second-order valence-electron chi connectivity index (χ2n) is 11.1. The van der Waals surface area contributed by atoms with Crippen molar-refractivity contribution in [2.75, 3.05) is 6.61 Å². The lowest BCUT2D eigenvalue weighted by atomic mass is 9.80. The molecule has 1 aliphatic carbocycles. The van der Waals surface area contributed by atoms with Gasteiger partial charge in [-0.1, -0.05) is 37.8 Å². The summed E-state index contributed by atoms with van der Waals surface area (Å²) in [5.41, 5.74) is 3.64.